The van der Waals surface area contributed by atoms with Gasteiger partial charge >= 0.3 is 6.09 Å². The van der Waals surface area contributed by atoms with Crippen LogP contribution in [-0.2, 0) is 9.53 Å². The van der Waals surface area contributed by atoms with Gasteiger partial charge in [-0.2, -0.15) is 5.10 Å². The number of carbonyl (C=O) groups is 3. The first-order valence-electron chi connectivity index (χ1n) is 13.7. The number of rotatable bonds is 4. The number of hydrogen-bond acceptors (Lipinski definition) is 7. The number of halogens is 1. The van der Waals surface area contributed by atoms with Gasteiger partial charge in [-0.15, -0.1) is 0 Å². The second-order valence-electron chi connectivity index (χ2n) is 11.7. The smallest absolute Gasteiger partial charge is 0.410 e. The molecule has 12 heteroatoms. The van der Waals surface area contributed by atoms with Crippen LogP contribution in [0.4, 0.5) is 20.6 Å². The highest BCUT2D eigenvalue weighted by Gasteiger charge is 2.31. The van der Waals surface area contributed by atoms with E-state index in [0.717, 1.165) is 11.1 Å². The second-order valence-corrected chi connectivity index (χ2v) is 11.7. The molecule has 1 aliphatic heterocycles. The predicted molar refractivity (Wildman–Crippen MR) is 151 cm³/mol. The number of Topliss-reactive ketones (excluding diaryl/α,β-unsaturated/α-hetero) is 1. The summed E-state index contributed by atoms with van der Waals surface area (Å²) < 4.78 is 23.5. The van der Waals surface area contributed by atoms with Crippen molar-refractivity contribution in [2.75, 3.05) is 36.4 Å². The first-order chi connectivity index (χ1) is 19.4. The van der Waals surface area contributed by atoms with Crippen LogP contribution >= 0.6 is 0 Å². The molecule has 4 heterocycles. The average molecular weight is 562 g/mol. The van der Waals surface area contributed by atoms with Crippen LogP contribution in [0.1, 0.15) is 55.7 Å². The van der Waals surface area contributed by atoms with E-state index in [1.807, 2.05) is 33.0 Å². The van der Waals surface area contributed by atoms with Gasteiger partial charge in [0.05, 0.1) is 23.0 Å². The molecule has 214 valence electrons. The van der Waals surface area contributed by atoms with Gasteiger partial charge in [0.2, 0.25) is 0 Å². The van der Waals surface area contributed by atoms with Crippen LogP contribution < -0.4 is 10.2 Å². The zero-order chi connectivity index (χ0) is 29.1. The van der Waals surface area contributed by atoms with Crippen molar-refractivity contribution in [2.24, 2.45) is 0 Å². The molecule has 2 aliphatic rings. The molecule has 3 aromatic heterocycles. The molecule has 2 fully saturated rings. The van der Waals surface area contributed by atoms with Gasteiger partial charge in [-0.1, -0.05) is 0 Å². The van der Waals surface area contributed by atoms with E-state index in [0.29, 0.717) is 55.8 Å². The zero-order valence-corrected chi connectivity index (χ0v) is 23.5. The van der Waals surface area contributed by atoms with Crippen LogP contribution in [0.25, 0.3) is 16.6 Å². The summed E-state index contributed by atoms with van der Waals surface area (Å²) in [5, 5.41) is 8.32. The SMILES string of the molecule is Cc1cn2cc(NC(=O)c3ccc(N4CCN(C(=O)OC(C)(C)C)CC4)c4cn(C5CC(=O)C5)nc34)cc(F)c2n1. The Morgan fingerprint density at radius 1 is 1.07 bits per heavy atom. The van der Waals surface area contributed by atoms with E-state index in [9.17, 15) is 18.8 Å². The van der Waals surface area contributed by atoms with E-state index in [1.54, 1.807) is 35.0 Å². The van der Waals surface area contributed by atoms with Crippen LogP contribution in [0.2, 0.25) is 0 Å². The summed E-state index contributed by atoms with van der Waals surface area (Å²) in [6.45, 7) is 9.44. The highest BCUT2D eigenvalue weighted by molar-refractivity contribution is 6.14. The summed E-state index contributed by atoms with van der Waals surface area (Å²) in [7, 11) is 0. The number of nitrogens with one attached hydrogen (secondary N) is 1. The number of carbonyl (C=O) groups excluding carboxylic acids is 3. The molecule has 1 N–H and O–H groups in total. The van der Waals surface area contributed by atoms with Crippen molar-refractivity contribution in [2.45, 2.75) is 52.2 Å². The first kappa shape index (κ1) is 26.7. The van der Waals surface area contributed by atoms with Gasteiger partial charge in [0.1, 0.15) is 16.9 Å². The molecule has 0 unspecified atom stereocenters. The van der Waals surface area contributed by atoms with E-state index < -0.39 is 17.3 Å². The van der Waals surface area contributed by atoms with Gasteiger partial charge in [0.25, 0.3) is 5.91 Å². The number of fused-ring (bicyclic) bond motifs is 2. The quantitative estimate of drug-likeness (QED) is 0.394. The van der Waals surface area contributed by atoms with E-state index in [2.05, 4.69) is 15.2 Å². The fourth-order valence-electron chi connectivity index (χ4n) is 5.31. The summed E-state index contributed by atoms with van der Waals surface area (Å²) in [4.78, 5) is 45.7. The monoisotopic (exact) mass is 561 g/mol. The van der Waals surface area contributed by atoms with Crippen molar-refractivity contribution >= 4 is 45.7 Å². The Kier molecular flexibility index (Phi) is 6.43. The normalized spacial score (nSPS) is 16.4. The van der Waals surface area contributed by atoms with Gasteiger partial charge in [-0.25, -0.2) is 14.2 Å². The lowest BCUT2D eigenvalue weighted by atomic mass is 9.92. The Morgan fingerprint density at radius 2 is 1.80 bits per heavy atom. The van der Waals surface area contributed by atoms with Gasteiger partial charge in [-0.3, -0.25) is 14.3 Å². The lowest BCUT2D eigenvalue weighted by molar-refractivity contribution is -0.126. The van der Waals surface area contributed by atoms with Crippen molar-refractivity contribution in [1.82, 2.24) is 24.1 Å². The molecule has 0 radical (unpaired) electrons. The van der Waals surface area contributed by atoms with Crippen LogP contribution in [0, 0.1) is 12.7 Å². The van der Waals surface area contributed by atoms with Crippen LogP contribution in [0.15, 0.2) is 36.8 Å². The largest absolute Gasteiger partial charge is 0.444 e. The third-order valence-electron chi connectivity index (χ3n) is 7.37. The topological polar surface area (TPSA) is 114 Å². The molecule has 1 aliphatic carbocycles. The molecule has 4 aromatic rings. The summed E-state index contributed by atoms with van der Waals surface area (Å²) >= 11 is 0. The molecular weight excluding hydrogens is 529 g/mol. The van der Waals surface area contributed by atoms with Crippen molar-refractivity contribution < 1.29 is 23.5 Å². The lowest BCUT2D eigenvalue weighted by Crippen LogP contribution is -2.50. The molecule has 11 nitrogen and oxygen atoms in total. The number of aromatic nitrogens is 4. The van der Waals surface area contributed by atoms with Crippen LogP contribution in [0.5, 0.6) is 0 Å². The maximum absolute atomic E-state index is 14.6. The fourth-order valence-corrected chi connectivity index (χ4v) is 5.31. The number of anilines is 2. The van der Waals surface area contributed by atoms with E-state index in [-0.39, 0.29) is 29.3 Å². The van der Waals surface area contributed by atoms with Crippen molar-refractivity contribution in [1.29, 1.82) is 0 Å². The lowest BCUT2D eigenvalue weighted by Gasteiger charge is -2.37. The van der Waals surface area contributed by atoms with Gasteiger partial charge in [-0.05, 0) is 39.8 Å². The highest BCUT2D eigenvalue weighted by atomic mass is 19.1. The second kappa shape index (κ2) is 9.86. The molecule has 2 amide bonds. The first-order valence-corrected chi connectivity index (χ1v) is 13.7. The zero-order valence-electron chi connectivity index (χ0n) is 23.5. The Labute approximate surface area is 235 Å². The Morgan fingerprint density at radius 3 is 2.49 bits per heavy atom. The maximum atomic E-state index is 14.6. The van der Waals surface area contributed by atoms with Crippen molar-refractivity contribution in [3.8, 4) is 0 Å². The molecule has 0 bridgehead atoms. The van der Waals surface area contributed by atoms with Gasteiger partial charge in [0, 0.05) is 74.8 Å². The molecule has 6 rings (SSSR count). The fraction of sp³-hybridized carbons (Fsp3) is 0.414. The minimum Gasteiger partial charge on any atom is -0.444 e. The number of aryl methyl sites for hydroxylation is 1. The third-order valence-corrected chi connectivity index (χ3v) is 7.37. The number of nitrogens with zero attached hydrogens (tertiary/aromatic N) is 6. The average Bonchev–Trinajstić information content (AvgIpc) is 3.49. The summed E-state index contributed by atoms with van der Waals surface area (Å²) in [5.74, 6) is -0.791. The Bertz CT molecular complexity index is 1690. The highest BCUT2D eigenvalue weighted by Crippen LogP contribution is 2.35. The van der Waals surface area contributed by atoms with Gasteiger partial charge in [0.15, 0.2) is 11.5 Å². The summed E-state index contributed by atoms with van der Waals surface area (Å²) in [6.07, 6.45) is 5.66. The van der Waals surface area contributed by atoms with E-state index in [4.69, 9.17) is 9.84 Å². The number of pyridine rings is 1. The van der Waals surface area contributed by atoms with Crippen LogP contribution in [-0.4, -0.2) is 73.6 Å². The van der Waals surface area contributed by atoms with E-state index >= 15 is 0 Å². The minimum atomic E-state index is -0.566. The standard InChI is InChI=1S/C29H32FN7O4/c1-17-14-36-15-18(11-23(30)26(36)31-17)32-27(39)21-5-6-24(22-16-37(33-25(21)22)19-12-20(38)13-19)34-7-9-35(10-8-34)28(40)41-29(2,3)4/h5-6,11,14-16,19H,7-10,12-13H2,1-4H3,(H,32,39). The predicted octanol–water partition coefficient (Wildman–Crippen LogP) is 4.34. The summed E-state index contributed by atoms with van der Waals surface area (Å²) in [6, 6.07) is 4.78. The molecular formula is C29H32FN7O4. The molecule has 1 saturated heterocycles. The number of ether oxygens (including phenoxy) is 1. The van der Waals surface area contributed by atoms with Crippen LogP contribution in [0.3, 0.4) is 0 Å². The van der Waals surface area contributed by atoms with Crippen molar-refractivity contribution in [3.63, 3.8) is 0 Å². The Hall–Kier alpha value is -4.48. The van der Waals surface area contributed by atoms with E-state index in [1.165, 1.54) is 10.5 Å². The minimum absolute atomic E-state index is 0.0522. The Balaban J connectivity index is 1.29. The molecule has 1 saturated carbocycles. The maximum Gasteiger partial charge on any atom is 0.410 e. The number of piperazine rings is 1. The molecule has 0 spiro atoms. The van der Waals surface area contributed by atoms with Gasteiger partial charge < -0.3 is 24.3 Å². The summed E-state index contributed by atoms with van der Waals surface area (Å²) in [5.41, 5.74) is 2.29. The molecule has 1 aromatic carbocycles. The number of amides is 2. The number of imidazole rings is 1. The molecule has 0 atom stereocenters. The number of benzene rings is 1. The number of hydrogen-bond donors (Lipinski definition) is 1. The third kappa shape index (κ3) is 5.21. The number of ketones is 1. The molecule has 41 heavy (non-hydrogen) atoms. The van der Waals surface area contributed by atoms with Crippen molar-refractivity contribution in [3.05, 3.63) is 53.9 Å².